The van der Waals surface area contributed by atoms with Crippen molar-refractivity contribution in [3.63, 3.8) is 0 Å². The van der Waals surface area contributed by atoms with Gasteiger partial charge in [-0.1, -0.05) is 30.3 Å². The van der Waals surface area contributed by atoms with Crippen molar-refractivity contribution in [3.05, 3.63) is 72.2 Å². The molecule has 0 bridgehead atoms. The van der Waals surface area contributed by atoms with Gasteiger partial charge < -0.3 is 24.9 Å². The number of amides is 2. The fourth-order valence-corrected chi connectivity index (χ4v) is 3.82. The molecular formula is C25H25N3O6. The Morgan fingerprint density at radius 3 is 2.59 bits per heavy atom. The number of benzene rings is 2. The number of oxazole rings is 1. The average Bonchev–Trinajstić information content (AvgIpc) is 3.45. The van der Waals surface area contributed by atoms with Crippen LogP contribution in [-0.4, -0.2) is 52.0 Å². The molecule has 3 unspecified atom stereocenters. The third-order valence-electron chi connectivity index (χ3n) is 6.11. The second kappa shape index (κ2) is 9.48. The minimum atomic E-state index is -1.20. The van der Waals surface area contributed by atoms with Crippen molar-refractivity contribution in [1.82, 2.24) is 15.6 Å². The van der Waals surface area contributed by atoms with Crippen LogP contribution in [0.3, 0.4) is 0 Å². The van der Waals surface area contributed by atoms with Crippen LogP contribution in [0.25, 0.3) is 11.3 Å². The second-order valence-corrected chi connectivity index (χ2v) is 8.38. The number of aromatic nitrogens is 1. The van der Waals surface area contributed by atoms with E-state index in [0.29, 0.717) is 22.5 Å². The Hall–Kier alpha value is -3.98. The maximum absolute atomic E-state index is 13.3. The predicted molar refractivity (Wildman–Crippen MR) is 122 cm³/mol. The molecule has 0 aliphatic carbocycles. The van der Waals surface area contributed by atoms with Crippen molar-refractivity contribution >= 4 is 17.6 Å². The first-order valence-corrected chi connectivity index (χ1v) is 10.8. The number of carbonyl (C=O) groups is 3. The Morgan fingerprint density at radius 2 is 1.94 bits per heavy atom. The predicted octanol–water partition coefficient (Wildman–Crippen LogP) is 2.25. The molecule has 0 spiro atoms. The highest BCUT2D eigenvalue weighted by Crippen LogP contribution is 2.25. The van der Waals surface area contributed by atoms with Crippen LogP contribution in [0.5, 0.6) is 5.75 Å². The first-order valence-electron chi connectivity index (χ1n) is 10.8. The number of rotatable bonds is 7. The number of hydrogen-bond donors (Lipinski definition) is 3. The summed E-state index contributed by atoms with van der Waals surface area (Å²) in [7, 11) is 0. The second-order valence-electron chi connectivity index (χ2n) is 8.38. The zero-order valence-corrected chi connectivity index (χ0v) is 18.8. The van der Waals surface area contributed by atoms with Gasteiger partial charge in [-0.15, -0.1) is 0 Å². The maximum Gasteiger partial charge on any atom is 0.252 e. The number of ether oxygens (including phenoxy) is 1. The van der Waals surface area contributed by atoms with Gasteiger partial charge in [0.05, 0.1) is 17.9 Å². The van der Waals surface area contributed by atoms with Gasteiger partial charge in [0.25, 0.3) is 5.91 Å². The van der Waals surface area contributed by atoms with Crippen LogP contribution < -0.4 is 10.6 Å². The third kappa shape index (κ3) is 4.69. The highest BCUT2D eigenvalue weighted by molar-refractivity contribution is 6.03. The molecule has 0 saturated carbocycles. The van der Waals surface area contributed by atoms with Crippen LogP contribution in [0.15, 0.2) is 65.5 Å². The largest absolute Gasteiger partial charge is 0.508 e. The molecule has 4 rings (SSSR count). The van der Waals surface area contributed by atoms with Crippen molar-refractivity contribution < 1.29 is 28.6 Å². The molecule has 2 aromatic carbocycles. The summed E-state index contributed by atoms with van der Waals surface area (Å²) in [6, 6.07) is 12.2. The molecule has 0 radical (unpaired) electrons. The molecule has 3 aromatic rings. The molecule has 3 atom stereocenters. The number of phenolic OH excluding ortho intramolecular Hbond substituents is 1. The average molecular weight is 463 g/mol. The van der Waals surface area contributed by atoms with E-state index in [9.17, 15) is 19.5 Å². The van der Waals surface area contributed by atoms with Crippen molar-refractivity contribution in [1.29, 1.82) is 0 Å². The lowest BCUT2D eigenvalue weighted by Crippen LogP contribution is -2.60. The molecule has 1 aliphatic rings. The Balaban J connectivity index is 1.61. The number of aromatic hydroxyl groups is 1. The maximum atomic E-state index is 13.3. The fourth-order valence-electron chi connectivity index (χ4n) is 3.82. The van der Waals surface area contributed by atoms with Crippen LogP contribution in [0.1, 0.15) is 29.8 Å². The summed E-state index contributed by atoms with van der Waals surface area (Å²) in [5, 5.41) is 15.2. The van der Waals surface area contributed by atoms with Gasteiger partial charge in [0.15, 0.2) is 17.9 Å². The zero-order valence-electron chi connectivity index (χ0n) is 18.8. The first kappa shape index (κ1) is 23.2. The summed E-state index contributed by atoms with van der Waals surface area (Å²) in [6.07, 6.45) is 2.40. The van der Waals surface area contributed by atoms with E-state index in [1.54, 1.807) is 50.2 Å². The van der Waals surface area contributed by atoms with E-state index in [2.05, 4.69) is 15.6 Å². The number of ketones is 1. The molecule has 9 heteroatoms. The molecule has 9 nitrogen and oxygen atoms in total. The lowest BCUT2D eigenvalue weighted by molar-refractivity contribution is -0.130. The molecule has 2 heterocycles. The lowest BCUT2D eigenvalue weighted by Gasteiger charge is -2.30. The van der Waals surface area contributed by atoms with Crippen molar-refractivity contribution in [2.45, 2.75) is 38.0 Å². The number of hydrogen-bond acceptors (Lipinski definition) is 7. The Kier molecular flexibility index (Phi) is 6.47. The number of phenols is 1. The fraction of sp³-hybridized carbons (Fsp3) is 0.280. The highest BCUT2D eigenvalue weighted by atomic mass is 16.5. The molecule has 1 fully saturated rings. The molecule has 1 aromatic heterocycles. The van der Waals surface area contributed by atoms with E-state index in [1.165, 1.54) is 24.7 Å². The van der Waals surface area contributed by atoms with Crippen LogP contribution in [0.2, 0.25) is 0 Å². The van der Waals surface area contributed by atoms with E-state index < -0.39 is 29.5 Å². The van der Waals surface area contributed by atoms with Gasteiger partial charge in [0.1, 0.15) is 23.9 Å². The standard InChI is InChI=1S/C25H25N3O6/c1-15-25(2,22(30)13-33-15)28-24(32)20(11-16-7-9-17(29)10-8-16)27-23(31)19-6-4-3-5-18(19)21-12-26-14-34-21/h3-10,12,14-15,20,29H,11,13H2,1-2H3,(H,27,31)(H,28,32). The molecule has 34 heavy (non-hydrogen) atoms. The van der Waals surface area contributed by atoms with Gasteiger partial charge in [-0.25, -0.2) is 4.98 Å². The Bertz CT molecular complexity index is 1190. The SMILES string of the molecule is CC1OCC(=O)C1(C)NC(=O)C(Cc1ccc(O)cc1)NC(=O)c1ccccc1-c1cnco1. The van der Waals surface area contributed by atoms with Gasteiger partial charge in [0, 0.05) is 12.0 Å². The van der Waals surface area contributed by atoms with Crippen molar-refractivity contribution in [2.24, 2.45) is 0 Å². The summed E-state index contributed by atoms with van der Waals surface area (Å²) >= 11 is 0. The summed E-state index contributed by atoms with van der Waals surface area (Å²) in [4.78, 5) is 42.9. The number of nitrogens with zero attached hydrogens (tertiary/aromatic N) is 1. The summed E-state index contributed by atoms with van der Waals surface area (Å²) in [5.41, 5.74) is 0.352. The highest BCUT2D eigenvalue weighted by Gasteiger charge is 2.47. The Labute approximate surface area is 196 Å². The van der Waals surface area contributed by atoms with Gasteiger partial charge in [-0.2, -0.15) is 0 Å². The van der Waals surface area contributed by atoms with Crippen LogP contribution in [0.4, 0.5) is 0 Å². The van der Waals surface area contributed by atoms with E-state index in [4.69, 9.17) is 9.15 Å². The Morgan fingerprint density at radius 1 is 1.21 bits per heavy atom. The molecule has 3 N–H and O–H groups in total. The van der Waals surface area contributed by atoms with Gasteiger partial charge in [-0.05, 0) is 37.6 Å². The summed E-state index contributed by atoms with van der Waals surface area (Å²) in [6.45, 7) is 3.24. The molecule has 176 valence electrons. The molecular weight excluding hydrogens is 438 g/mol. The zero-order chi connectivity index (χ0) is 24.3. The van der Waals surface area contributed by atoms with E-state index >= 15 is 0 Å². The normalized spacial score (nSPS) is 20.6. The smallest absolute Gasteiger partial charge is 0.252 e. The van der Waals surface area contributed by atoms with E-state index in [1.807, 2.05) is 0 Å². The molecule has 1 saturated heterocycles. The minimum absolute atomic E-state index is 0.0858. The van der Waals surface area contributed by atoms with E-state index in [-0.39, 0.29) is 24.6 Å². The topological polar surface area (TPSA) is 131 Å². The monoisotopic (exact) mass is 463 g/mol. The number of nitrogens with one attached hydrogen (secondary N) is 2. The third-order valence-corrected chi connectivity index (χ3v) is 6.11. The van der Waals surface area contributed by atoms with Crippen LogP contribution in [-0.2, 0) is 20.7 Å². The molecule has 1 aliphatic heterocycles. The van der Waals surface area contributed by atoms with E-state index in [0.717, 1.165) is 0 Å². The first-order chi connectivity index (χ1) is 16.3. The van der Waals surface area contributed by atoms with Crippen molar-refractivity contribution in [2.75, 3.05) is 6.61 Å². The summed E-state index contributed by atoms with van der Waals surface area (Å²) in [5.74, 6) is -0.742. The van der Waals surface area contributed by atoms with Crippen molar-refractivity contribution in [3.8, 4) is 17.1 Å². The molecule has 2 amide bonds. The van der Waals surface area contributed by atoms with Crippen LogP contribution >= 0.6 is 0 Å². The number of Topliss-reactive ketones (excluding diaryl/α,β-unsaturated/α-hetero) is 1. The van der Waals surface area contributed by atoms with Gasteiger partial charge in [-0.3, -0.25) is 14.4 Å². The van der Waals surface area contributed by atoms with Gasteiger partial charge in [0.2, 0.25) is 5.91 Å². The minimum Gasteiger partial charge on any atom is -0.508 e. The number of carbonyl (C=O) groups excluding carboxylic acids is 3. The summed E-state index contributed by atoms with van der Waals surface area (Å²) < 4.78 is 10.8. The quantitative estimate of drug-likeness (QED) is 0.490. The van der Waals surface area contributed by atoms with Crippen LogP contribution in [0, 0.1) is 0 Å². The lowest BCUT2D eigenvalue weighted by atomic mass is 9.92. The van der Waals surface area contributed by atoms with Gasteiger partial charge >= 0.3 is 0 Å².